The van der Waals surface area contributed by atoms with Crippen LogP contribution in [0.4, 0.5) is 19.0 Å². The van der Waals surface area contributed by atoms with E-state index >= 15 is 0 Å². The summed E-state index contributed by atoms with van der Waals surface area (Å²) in [4.78, 5) is 7.38. The molecule has 130 valence electrons. The van der Waals surface area contributed by atoms with Crippen LogP contribution >= 0.6 is 0 Å². The average molecular weight is 341 g/mol. The third kappa shape index (κ3) is 3.18. The Labute approximate surface area is 137 Å². The van der Waals surface area contributed by atoms with Gasteiger partial charge in [0.1, 0.15) is 5.82 Å². The van der Waals surface area contributed by atoms with Crippen molar-refractivity contribution in [1.82, 2.24) is 9.97 Å². The van der Waals surface area contributed by atoms with Gasteiger partial charge in [0.15, 0.2) is 11.5 Å². The van der Waals surface area contributed by atoms with Crippen molar-refractivity contribution in [3.63, 3.8) is 0 Å². The highest BCUT2D eigenvalue weighted by molar-refractivity contribution is 5.92. The van der Waals surface area contributed by atoms with Crippen molar-refractivity contribution < 1.29 is 22.6 Å². The molecule has 0 saturated heterocycles. The van der Waals surface area contributed by atoms with Gasteiger partial charge in [-0.05, 0) is 18.9 Å². The molecule has 0 radical (unpaired) electrons. The van der Waals surface area contributed by atoms with Crippen LogP contribution in [0.25, 0.3) is 10.9 Å². The minimum Gasteiger partial charge on any atom is -0.493 e. The maximum absolute atomic E-state index is 13.1. The van der Waals surface area contributed by atoms with Crippen LogP contribution in [0.5, 0.6) is 11.5 Å². The summed E-state index contributed by atoms with van der Waals surface area (Å²) in [6.07, 6.45) is -0.665. The first-order valence-corrected chi connectivity index (χ1v) is 7.70. The Morgan fingerprint density at radius 2 is 1.67 bits per heavy atom. The highest BCUT2D eigenvalue weighted by Crippen LogP contribution is 2.37. The molecule has 1 aliphatic carbocycles. The monoisotopic (exact) mass is 341 g/mol. The van der Waals surface area contributed by atoms with Gasteiger partial charge in [-0.3, -0.25) is 0 Å². The zero-order valence-electron chi connectivity index (χ0n) is 13.4. The van der Waals surface area contributed by atoms with Gasteiger partial charge in [0.05, 0.1) is 19.7 Å². The van der Waals surface area contributed by atoms with Gasteiger partial charge in [-0.2, -0.15) is 13.2 Å². The molecule has 0 bridgehead atoms. The molecule has 1 aromatic carbocycles. The summed E-state index contributed by atoms with van der Waals surface area (Å²) in [5.41, 5.74) is 0.162. The fourth-order valence-electron chi connectivity index (χ4n) is 2.96. The van der Waals surface area contributed by atoms with Crippen molar-refractivity contribution in [2.24, 2.45) is 0 Å². The average Bonchev–Trinajstić information content (AvgIpc) is 3.05. The molecule has 0 atom stereocenters. The predicted molar refractivity (Wildman–Crippen MR) is 83.5 cm³/mol. The molecule has 24 heavy (non-hydrogen) atoms. The lowest BCUT2D eigenvalue weighted by Crippen LogP contribution is -2.19. The number of hydrogen-bond donors (Lipinski definition) is 1. The standard InChI is InChI=1S/C16H18F3N3O2/c1-23-12-7-10-11(8-13(12)24-2)21-15(16(17,18)19)22-14(10)20-9-5-3-4-6-9/h7-9H,3-6H2,1-2H3,(H,20,21,22). The Morgan fingerprint density at radius 3 is 2.25 bits per heavy atom. The first-order chi connectivity index (χ1) is 11.4. The third-order valence-electron chi connectivity index (χ3n) is 4.15. The third-order valence-corrected chi connectivity index (χ3v) is 4.15. The molecule has 8 heteroatoms. The Hall–Kier alpha value is -2.25. The van der Waals surface area contributed by atoms with Crippen LogP contribution in [0.3, 0.4) is 0 Å². The van der Waals surface area contributed by atoms with Crippen LogP contribution in [-0.2, 0) is 6.18 Å². The van der Waals surface area contributed by atoms with Gasteiger partial charge in [0, 0.05) is 17.5 Å². The number of aromatic nitrogens is 2. The van der Waals surface area contributed by atoms with Gasteiger partial charge in [0.2, 0.25) is 5.82 Å². The molecule has 0 aliphatic heterocycles. The van der Waals surface area contributed by atoms with Gasteiger partial charge in [0.25, 0.3) is 0 Å². The highest BCUT2D eigenvalue weighted by atomic mass is 19.4. The number of nitrogens with one attached hydrogen (secondary N) is 1. The number of benzene rings is 1. The molecule has 3 rings (SSSR count). The normalized spacial score (nSPS) is 15.7. The number of ether oxygens (including phenoxy) is 2. The molecule has 1 saturated carbocycles. The molecule has 0 amide bonds. The summed E-state index contributed by atoms with van der Waals surface area (Å²) in [5.74, 6) is -0.241. The second-order valence-electron chi connectivity index (χ2n) is 5.74. The molecule has 0 spiro atoms. The summed E-state index contributed by atoms with van der Waals surface area (Å²) in [7, 11) is 2.89. The molecule has 0 unspecified atom stereocenters. The van der Waals surface area contributed by atoms with Crippen LogP contribution in [-0.4, -0.2) is 30.2 Å². The SMILES string of the molecule is COc1cc2nc(C(F)(F)F)nc(NC3CCCC3)c2cc1OC. The number of hydrogen-bond acceptors (Lipinski definition) is 5. The minimum absolute atomic E-state index is 0.122. The molecule has 1 heterocycles. The Kier molecular flexibility index (Phi) is 4.38. The van der Waals surface area contributed by atoms with E-state index < -0.39 is 12.0 Å². The van der Waals surface area contributed by atoms with Gasteiger partial charge >= 0.3 is 6.18 Å². The van der Waals surface area contributed by atoms with E-state index in [0.717, 1.165) is 25.7 Å². The van der Waals surface area contributed by atoms with Crippen LogP contribution < -0.4 is 14.8 Å². The van der Waals surface area contributed by atoms with E-state index in [0.29, 0.717) is 16.9 Å². The van der Waals surface area contributed by atoms with Crippen LogP contribution in [0.2, 0.25) is 0 Å². The van der Waals surface area contributed by atoms with E-state index in [1.54, 1.807) is 6.07 Å². The van der Waals surface area contributed by atoms with Crippen molar-refractivity contribution in [3.8, 4) is 11.5 Å². The number of methoxy groups -OCH3 is 2. The van der Waals surface area contributed by atoms with E-state index in [2.05, 4.69) is 15.3 Å². The van der Waals surface area contributed by atoms with Crippen LogP contribution in [0, 0.1) is 0 Å². The maximum Gasteiger partial charge on any atom is 0.451 e. The molecular formula is C16H18F3N3O2. The fraction of sp³-hybridized carbons (Fsp3) is 0.500. The van der Waals surface area contributed by atoms with E-state index in [1.807, 2.05) is 0 Å². The van der Waals surface area contributed by atoms with Crippen LogP contribution in [0.15, 0.2) is 12.1 Å². The first-order valence-electron chi connectivity index (χ1n) is 7.70. The summed E-state index contributed by atoms with van der Waals surface area (Å²) in [6.45, 7) is 0. The lowest BCUT2D eigenvalue weighted by molar-refractivity contribution is -0.144. The zero-order chi connectivity index (χ0) is 17.3. The van der Waals surface area contributed by atoms with Crippen molar-refractivity contribution in [1.29, 1.82) is 0 Å². The second-order valence-corrected chi connectivity index (χ2v) is 5.74. The van der Waals surface area contributed by atoms with E-state index in [9.17, 15) is 13.2 Å². The number of anilines is 1. The molecule has 1 aromatic heterocycles. The first kappa shape index (κ1) is 16.6. The number of rotatable bonds is 4. The summed E-state index contributed by atoms with van der Waals surface area (Å²) < 4.78 is 49.8. The number of fused-ring (bicyclic) bond motifs is 1. The Morgan fingerprint density at radius 1 is 1.04 bits per heavy atom. The largest absolute Gasteiger partial charge is 0.493 e. The minimum atomic E-state index is -4.62. The van der Waals surface area contributed by atoms with Crippen molar-refractivity contribution >= 4 is 16.7 Å². The number of halogens is 3. The van der Waals surface area contributed by atoms with Gasteiger partial charge in [-0.25, -0.2) is 9.97 Å². The molecule has 1 aliphatic rings. The summed E-state index contributed by atoms with van der Waals surface area (Å²) in [5, 5.41) is 3.62. The zero-order valence-corrected chi connectivity index (χ0v) is 13.4. The molecule has 1 N–H and O–H groups in total. The topological polar surface area (TPSA) is 56.3 Å². The molecular weight excluding hydrogens is 323 g/mol. The molecule has 2 aromatic rings. The predicted octanol–water partition coefficient (Wildman–Crippen LogP) is 4.02. The summed E-state index contributed by atoms with van der Waals surface area (Å²) in [6, 6.07) is 3.16. The van der Waals surface area contributed by atoms with Gasteiger partial charge < -0.3 is 14.8 Å². The number of alkyl halides is 3. The van der Waals surface area contributed by atoms with Crippen LogP contribution in [0.1, 0.15) is 31.5 Å². The van der Waals surface area contributed by atoms with Gasteiger partial charge in [-0.15, -0.1) is 0 Å². The fourth-order valence-corrected chi connectivity index (χ4v) is 2.96. The number of nitrogens with zero attached hydrogens (tertiary/aromatic N) is 2. The highest BCUT2D eigenvalue weighted by Gasteiger charge is 2.36. The van der Waals surface area contributed by atoms with E-state index in [1.165, 1.54) is 20.3 Å². The lowest BCUT2D eigenvalue weighted by Gasteiger charge is -2.17. The van der Waals surface area contributed by atoms with Gasteiger partial charge in [-0.1, -0.05) is 12.8 Å². The maximum atomic E-state index is 13.1. The second kappa shape index (κ2) is 6.33. The van der Waals surface area contributed by atoms with E-state index in [4.69, 9.17) is 9.47 Å². The Balaban J connectivity index is 2.16. The van der Waals surface area contributed by atoms with Crippen molar-refractivity contribution in [2.45, 2.75) is 37.9 Å². The smallest absolute Gasteiger partial charge is 0.451 e. The van der Waals surface area contributed by atoms with Crippen molar-refractivity contribution in [3.05, 3.63) is 18.0 Å². The molecule has 5 nitrogen and oxygen atoms in total. The van der Waals surface area contributed by atoms with E-state index in [-0.39, 0.29) is 17.4 Å². The molecule has 1 fully saturated rings. The lowest BCUT2D eigenvalue weighted by atomic mass is 10.1. The van der Waals surface area contributed by atoms with Crippen molar-refractivity contribution in [2.75, 3.05) is 19.5 Å². The quantitative estimate of drug-likeness (QED) is 0.910. The summed E-state index contributed by atoms with van der Waals surface area (Å²) >= 11 is 0. The Bertz CT molecular complexity index is 743.